The molecule has 0 fully saturated rings. The Kier molecular flexibility index (Phi) is 3.93. The van der Waals surface area contributed by atoms with Gasteiger partial charge in [-0.1, -0.05) is 6.92 Å². The number of carbonyl (C=O) groups is 2. The first kappa shape index (κ1) is 12.1. The van der Waals surface area contributed by atoms with Crippen molar-refractivity contribution >= 4 is 11.9 Å². The smallest absolute Gasteiger partial charge is 0.325 e. The first-order chi connectivity index (χ1) is 7.56. The zero-order valence-corrected chi connectivity index (χ0v) is 9.10. The van der Waals surface area contributed by atoms with Gasteiger partial charge in [-0.2, -0.15) is 0 Å². The summed E-state index contributed by atoms with van der Waals surface area (Å²) in [5.74, 6) is -1.55. The van der Waals surface area contributed by atoms with E-state index in [4.69, 9.17) is 5.11 Å². The van der Waals surface area contributed by atoms with Crippen molar-refractivity contribution in [3.8, 4) is 0 Å². The van der Waals surface area contributed by atoms with Crippen LogP contribution >= 0.6 is 0 Å². The molecule has 1 aromatic rings. The Morgan fingerprint density at radius 1 is 1.56 bits per heavy atom. The maximum atomic E-state index is 11.7. The van der Waals surface area contributed by atoms with E-state index in [9.17, 15) is 9.59 Å². The van der Waals surface area contributed by atoms with Crippen LogP contribution in [0.5, 0.6) is 0 Å². The average molecular weight is 223 g/mol. The first-order valence-corrected chi connectivity index (χ1v) is 4.88. The molecule has 6 nitrogen and oxygen atoms in total. The number of carboxylic acids is 1. The van der Waals surface area contributed by atoms with Gasteiger partial charge < -0.3 is 10.4 Å². The van der Waals surface area contributed by atoms with E-state index in [0.29, 0.717) is 17.7 Å². The number of aryl methyl sites for hydroxylation is 1. The zero-order valence-electron chi connectivity index (χ0n) is 9.10. The van der Waals surface area contributed by atoms with Crippen LogP contribution in [0.3, 0.4) is 0 Å². The second-order valence-corrected chi connectivity index (χ2v) is 3.27. The lowest BCUT2D eigenvalue weighted by Gasteiger charge is -2.10. The van der Waals surface area contributed by atoms with Gasteiger partial charge in [0.05, 0.1) is 11.3 Å². The monoisotopic (exact) mass is 223 g/mol. The molecule has 1 heterocycles. The maximum Gasteiger partial charge on any atom is 0.325 e. The molecule has 0 aliphatic carbocycles. The normalized spacial score (nSPS) is 11.9. The van der Waals surface area contributed by atoms with E-state index in [1.165, 1.54) is 19.4 Å². The fraction of sp³-hybridized carbons (Fsp3) is 0.400. The summed E-state index contributed by atoms with van der Waals surface area (Å²) in [4.78, 5) is 30.0. The van der Waals surface area contributed by atoms with Gasteiger partial charge in [-0.25, -0.2) is 9.97 Å². The van der Waals surface area contributed by atoms with E-state index in [1.54, 1.807) is 0 Å². The van der Waals surface area contributed by atoms with Gasteiger partial charge in [-0.3, -0.25) is 9.59 Å². The van der Waals surface area contributed by atoms with Gasteiger partial charge in [0.15, 0.2) is 0 Å². The third-order valence-electron chi connectivity index (χ3n) is 2.09. The first-order valence-electron chi connectivity index (χ1n) is 4.88. The van der Waals surface area contributed by atoms with Gasteiger partial charge in [0, 0.05) is 6.20 Å². The number of aromatic nitrogens is 2. The highest BCUT2D eigenvalue weighted by atomic mass is 16.4. The summed E-state index contributed by atoms with van der Waals surface area (Å²) >= 11 is 0. The molecule has 0 bridgehead atoms. The number of rotatable bonds is 4. The Bertz CT molecular complexity index is 406. The maximum absolute atomic E-state index is 11.7. The summed E-state index contributed by atoms with van der Waals surface area (Å²) < 4.78 is 0. The quantitative estimate of drug-likeness (QED) is 0.762. The highest BCUT2D eigenvalue weighted by Crippen LogP contribution is 2.04. The highest BCUT2D eigenvalue weighted by molar-refractivity contribution is 5.97. The molecule has 0 unspecified atom stereocenters. The fourth-order valence-electron chi connectivity index (χ4n) is 1.16. The molecule has 0 aliphatic rings. The lowest BCUT2D eigenvalue weighted by molar-refractivity contribution is -0.138. The van der Waals surface area contributed by atoms with Crippen LogP contribution in [-0.2, 0) is 11.2 Å². The molecule has 1 amide bonds. The number of aliphatic carboxylic acids is 1. The number of hydrogen-bond acceptors (Lipinski definition) is 4. The molecule has 86 valence electrons. The Balaban J connectivity index is 2.84. The molecule has 0 aliphatic heterocycles. The summed E-state index contributed by atoms with van der Waals surface area (Å²) in [6, 6.07) is -0.933. The SMILES string of the molecule is CCc1ncncc1C(=O)N[C@@H](C)C(=O)O. The molecule has 0 saturated carbocycles. The molecule has 1 rings (SSSR count). The van der Waals surface area contributed by atoms with Crippen LogP contribution < -0.4 is 5.32 Å². The number of hydrogen-bond donors (Lipinski definition) is 2. The van der Waals surface area contributed by atoms with Gasteiger partial charge in [0.2, 0.25) is 0 Å². The van der Waals surface area contributed by atoms with E-state index in [0.717, 1.165) is 0 Å². The van der Waals surface area contributed by atoms with Crippen LogP contribution in [0.4, 0.5) is 0 Å². The Morgan fingerprint density at radius 3 is 2.81 bits per heavy atom. The van der Waals surface area contributed by atoms with Gasteiger partial charge in [-0.15, -0.1) is 0 Å². The molecule has 0 spiro atoms. The lowest BCUT2D eigenvalue weighted by atomic mass is 10.1. The highest BCUT2D eigenvalue weighted by Gasteiger charge is 2.17. The van der Waals surface area contributed by atoms with Gasteiger partial charge in [-0.05, 0) is 13.3 Å². The predicted molar refractivity (Wildman–Crippen MR) is 56.0 cm³/mol. The molecule has 16 heavy (non-hydrogen) atoms. The summed E-state index contributed by atoms with van der Waals surface area (Å²) in [5, 5.41) is 11.0. The van der Waals surface area contributed by atoms with Crippen molar-refractivity contribution < 1.29 is 14.7 Å². The van der Waals surface area contributed by atoms with Gasteiger partial charge in [0.25, 0.3) is 5.91 Å². The van der Waals surface area contributed by atoms with Crippen LogP contribution in [0.25, 0.3) is 0 Å². The molecular formula is C10H13N3O3. The summed E-state index contributed by atoms with van der Waals surface area (Å²) in [7, 11) is 0. The minimum atomic E-state index is -1.08. The van der Waals surface area contributed by atoms with Crippen molar-refractivity contribution in [3.05, 3.63) is 23.8 Å². The predicted octanol–water partition coefficient (Wildman–Crippen LogP) is 0.242. The van der Waals surface area contributed by atoms with Crippen LogP contribution in [0.2, 0.25) is 0 Å². The molecule has 2 N–H and O–H groups in total. The van der Waals surface area contributed by atoms with Crippen molar-refractivity contribution in [2.24, 2.45) is 0 Å². The minimum Gasteiger partial charge on any atom is -0.480 e. The van der Waals surface area contributed by atoms with Crippen molar-refractivity contribution in [3.63, 3.8) is 0 Å². The summed E-state index contributed by atoms with van der Waals surface area (Å²) in [5.41, 5.74) is 0.920. The molecule has 0 radical (unpaired) electrons. The second-order valence-electron chi connectivity index (χ2n) is 3.27. The van der Waals surface area contributed by atoms with E-state index in [2.05, 4.69) is 15.3 Å². The summed E-state index contributed by atoms with van der Waals surface area (Å²) in [6.45, 7) is 3.26. The van der Waals surface area contributed by atoms with Gasteiger partial charge >= 0.3 is 5.97 Å². The van der Waals surface area contributed by atoms with E-state index in [-0.39, 0.29) is 0 Å². The van der Waals surface area contributed by atoms with Crippen LogP contribution in [0.15, 0.2) is 12.5 Å². The zero-order chi connectivity index (χ0) is 12.1. The molecule has 1 aromatic heterocycles. The molecule has 1 atom stereocenters. The van der Waals surface area contributed by atoms with Gasteiger partial charge in [0.1, 0.15) is 12.4 Å². The molecular weight excluding hydrogens is 210 g/mol. The number of carbonyl (C=O) groups excluding carboxylic acids is 1. The number of nitrogens with zero attached hydrogens (tertiary/aromatic N) is 2. The number of amides is 1. The Morgan fingerprint density at radius 2 is 2.25 bits per heavy atom. The molecule has 0 saturated heterocycles. The fourth-order valence-corrected chi connectivity index (χ4v) is 1.16. The molecule has 0 aromatic carbocycles. The van der Waals surface area contributed by atoms with E-state index < -0.39 is 17.9 Å². The van der Waals surface area contributed by atoms with Crippen molar-refractivity contribution in [2.75, 3.05) is 0 Å². The van der Waals surface area contributed by atoms with Crippen molar-refractivity contribution in [1.29, 1.82) is 0 Å². The van der Waals surface area contributed by atoms with Crippen molar-refractivity contribution in [1.82, 2.24) is 15.3 Å². The lowest BCUT2D eigenvalue weighted by Crippen LogP contribution is -2.38. The number of nitrogens with one attached hydrogen (secondary N) is 1. The van der Waals surface area contributed by atoms with Crippen LogP contribution in [0.1, 0.15) is 29.9 Å². The largest absolute Gasteiger partial charge is 0.480 e. The van der Waals surface area contributed by atoms with Crippen LogP contribution in [-0.4, -0.2) is 33.0 Å². The Labute approximate surface area is 92.7 Å². The Hall–Kier alpha value is -1.98. The average Bonchev–Trinajstić information content (AvgIpc) is 2.28. The van der Waals surface area contributed by atoms with E-state index in [1.807, 2.05) is 6.92 Å². The van der Waals surface area contributed by atoms with Crippen LogP contribution in [0, 0.1) is 0 Å². The third kappa shape index (κ3) is 2.75. The second kappa shape index (κ2) is 5.20. The minimum absolute atomic E-state index is 0.318. The standard InChI is InChI=1S/C10H13N3O3/c1-3-8-7(4-11-5-12-8)9(14)13-6(2)10(15)16/h4-6H,3H2,1-2H3,(H,13,14)(H,15,16)/t6-/m0/s1. The summed E-state index contributed by atoms with van der Waals surface area (Å²) in [6.07, 6.45) is 3.33. The molecule has 6 heteroatoms. The van der Waals surface area contributed by atoms with E-state index >= 15 is 0 Å². The van der Waals surface area contributed by atoms with Crippen molar-refractivity contribution in [2.45, 2.75) is 26.3 Å². The topological polar surface area (TPSA) is 92.2 Å². The third-order valence-corrected chi connectivity index (χ3v) is 2.09. The number of carboxylic acid groups (broad SMARTS) is 1.